The zero-order valence-electron chi connectivity index (χ0n) is 37.0. The van der Waals surface area contributed by atoms with Crippen LogP contribution in [0.25, 0.3) is 0 Å². The first-order valence-corrected chi connectivity index (χ1v) is 24.2. The zero-order chi connectivity index (χ0) is 42.1. The summed E-state index contributed by atoms with van der Waals surface area (Å²) in [6.45, 7) is 10.4. The Bertz CT molecular complexity index is 1620. The molecule has 4 heterocycles. The lowest BCUT2D eigenvalue weighted by molar-refractivity contribution is -0.314. The van der Waals surface area contributed by atoms with Crippen molar-refractivity contribution in [2.24, 2.45) is 23.7 Å². The van der Waals surface area contributed by atoms with Gasteiger partial charge in [0.25, 0.3) is 0 Å². The first kappa shape index (κ1) is 45.6. The minimum atomic E-state index is -0.633. The Kier molecular flexibility index (Phi) is 15.4. The Labute approximate surface area is 360 Å². The number of aromatic nitrogens is 1. The fourth-order valence-electron chi connectivity index (χ4n) is 11.3. The molecule has 1 aromatic heterocycles. The number of Topliss-reactive ketones (excluding diaryl/α,β-unsaturated/α-hetero) is 1. The summed E-state index contributed by atoms with van der Waals surface area (Å²) in [5, 5.41) is 0. The predicted molar refractivity (Wildman–Crippen MR) is 227 cm³/mol. The van der Waals surface area contributed by atoms with E-state index in [0.29, 0.717) is 12.5 Å². The van der Waals surface area contributed by atoms with Gasteiger partial charge in [0.05, 0.1) is 36.5 Å². The van der Waals surface area contributed by atoms with Crippen LogP contribution in [0.3, 0.4) is 0 Å². The van der Waals surface area contributed by atoms with Gasteiger partial charge in [0.15, 0.2) is 18.4 Å². The molecule has 17 atom stereocenters. The quantitative estimate of drug-likeness (QED) is 0.152. The number of likely N-dealkylation sites (N-methyl/N-ethyl adjacent to an activating group) is 1. The second kappa shape index (κ2) is 19.9. The van der Waals surface area contributed by atoms with E-state index in [4.69, 9.17) is 42.9 Å². The van der Waals surface area contributed by atoms with Crippen molar-refractivity contribution in [1.82, 2.24) is 9.88 Å². The standard InChI is InChI=1S/C45H70N2O10S2/c1-11-18-58-45-46-38-37-29(28-19-27(20-32(28)43(38)59-45)56-44-42(52-10)41(51-9)40(50-8)25(5)54-44)21-31-30(37)22-35(48)55-26(12-2)14-13-15-34(23(3)39(31)49)57-36-17-16-33(47(6)7)24(4)53-36/h21,23-30,32-34,36-37,40-42,44H,11-20,22H2,1-10H3/t23-,24?,25?,26+,27+,28+,29+,30-,32-,33+,34+,36+,37-,40+,41?,42+,44+/m1/s1. The fraction of sp³-hybridized carbons (Fsp3) is 0.844. The first-order valence-electron chi connectivity index (χ1n) is 22.4. The van der Waals surface area contributed by atoms with Crippen molar-refractivity contribution in [1.29, 1.82) is 0 Å². The van der Waals surface area contributed by atoms with Gasteiger partial charge in [0.2, 0.25) is 0 Å². The van der Waals surface area contributed by atoms with Gasteiger partial charge in [0, 0.05) is 61.7 Å². The lowest BCUT2D eigenvalue weighted by Crippen LogP contribution is -2.59. The van der Waals surface area contributed by atoms with Gasteiger partial charge in [-0.25, -0.2) is 4.98 Å². The maximum Gasteiger partial charge on any atom is 0.306 e. The van der Waals surface area contributed by atoms with Crippen LogP contribution in [-0.2, 0) is 47.5 Å². The lowest BCUT2D eigenvalue weighted by Gasteiger charge is -2.44. The number of hydrogen-bond acceptors (Lipinski definition) is 14. The summed E-state index contributed by atoms with van der Waals surface area (Å²) in [7, 11) is 9.19. The van der Waals surface area contributed by atoms with Gasteiger partial charge >= 0.3 is 5.97 Å². The van der Waals surface area contributed by atoms with Gasteiger partial charge < -0.3 is 42.8 Å². The van der Waals surface area contributed by atoms with Gasteiger partial charge in [-0.15, -0.1) is 11.3 Å². The molecule has 59 heavy (non-hydrogen) atoms. The molecule has 0 N–H and O–H groups in total. The average molecular weight is 863 g/mol. The molecule has 0 amide bonds. The van der Waals surface area contributed by atoms with Gasteiger partial charge in [-0.1, -0.05) is 38.6 Å². The van der Waals surface area contributed by atoms with Crippen LogP contribution in [0.5, 0.6) is 0 Å². The van der Waals surface area contributed by atoms with Crippen molar-refractivity contribution in [2.75, 3.05) is 41.2 Å². The van der Waals surface area contributed by atoms with Crippen molar-refractivity contribution in [3.63, 3.8) is 0 Å². The van der Waals surface area contributed by atoms with Crippen LogP contribution in [0.1, 0.15) is 121 Å². The molecule has 3 saturated heterocycles. The van der Waals surface area contributed by atoms with Crippen LogP contribution in [0, 0.1) is 23.7 Å². The highest BCUT2D eigenvalue weighted by molar-refractivity contribution is 8.01. The largest absolute Gasteiger partial charge is 0.462 e. The minimum Gasteiger partial charge on any atom is -0.462 e. The molecular formula is C45H70N2O10S2. The normalized spacial score (nSPS) is 41.6. The van der Waals surface area contributed by atoms with E-state index in [1.54, 1.807) is 44.4 Å². The average Bonchev–Trinajstić information content (AvgIpc) is 3.93. The Balaban J connectivity index is 1.20. The zero-order valence-corrected chi connectivity index (χ0v) is 38.6. The van der Waals surface area contributed by atoms with Crippen LogP contribution in [0.15, 0.2) is 16.0 Å². The number of thiazole rings is 1. The summed E-state index contributed by atoms with van der Waals surface area (Å²) in [6, 6.07) is 0.323. The minimum absolute atomic E-state index is 0.0159. The summed E-state index contributed by atoms with van der Waals surface area (Å²) < 4.78 is 51.5. The number of cyclic esters (lactones) is 1. The summed E-state index contributed by atoms with van der Waals surface area (Å²) >= 11 is 3.59. The van der Waals surface area contributed by atoms with E-state index >= 15 is 4.79 Å². The highest BCUT2D eigenvalue weighted by Gasteiger charge is 2.57. The molecule has 0 aromatic carbocycles. The number of carbonyl (C=O) groups excluding carboxylic acids is 2. The number of methoxy groups -OCH3 is 3. The highest BCUT2D eigenvalue weighted by atomic mass is 32.2. The molecule has 3 aliphatic heterocycles. The van der Waals surface area contributed by atoms with E-state index in [1.165, 1.54) is 4.88 Å². The summed E-state index contributed by atoms with van der Waals surface area (Å²) in [4.78, 5) is 37.9. The van der Waals surface area contributed by atoms with Crippen LogP contribution in [-0.4, -0.2) is 130 Å². The van der Waals surface area contributed by atoms with E-state index < -0.39 is 18.3 Å². The monoisotopic (exact) mass is 862 g/mol. The third-order valence-electron chi connectivity index (χ3n) is 14.3. The SMILES string of the molecule is CCCSc1nc2c(s1)[C@@H]1C[C@@H](O[C@@H]3OC(C)[C@H](OC)C(OC)[C@@H]3OC)C[C@H]1[C@@H]1C=C3C(=O)[C@H](C)[C@@H](O[C@H]4CC[C@H](N(C)C)C(C)O4)CCC[C@H](CC)OC(=O)C[C@H]3[C@H]21. The van der Waals surface area contributed by atoms with Gasteiger partial charge in [-0.05, 0) is 103 Å². The van der Waals surface area contributed by atoms with Crippen LogP contribution >= 0.6 is 23.1 Å². The van der Waals surface area contributed by atoms with Crippen molar-refractivity contribution >= 4 is 34.9 Å². The van der Waals surface area contributed by atoms with Crippen LogP contribution in [0.4, 0.5) is 0 Å². The molecule has 1 aromatic rings. The van der Waals surface area contributed by atoms with E-state index in [-0.39, 0.29) is 96.8 Å². The molecule has 332 valence electrons. The Morgan fingerprint density at radius 1 is 0.898 bits per heavy atom. The summed E-state index contributed by atoms with van der Waals surface area (Å²) in [5.74, 6) is 0.365. The van der Waals surface area contributed by atoms with E-state index in [1.807, 2.05) is 13.8 Å². The molecule has 6 aliphatic rings. The maximum absolute atomic E-state index is 15.1. The van der Waals surface area contributed by atoms with Crippen molar-refractivity contribution in [3.05, 3.63) is 22.2 Å². The van der Waals surface area contributed by atoms with Gasteiger partial charge in [-0.3, -0.25) is 9.59 Å². The second-order valence-corrected chi connectivity index (χ2v) is 20.5. The number of nitrogens with zero attached hydrogens (tertiary/aromatic N) is 2. The number of ether oxygens (including phenoxy) is 8. The molecule has 0 radical (unpaired) electrons. The van der Waals surface area contributed by atoms with E-state index in [0.717, 1.165) is 72.7 Å². The smallest absolute Gasteiger partial charge is 0.306 e. The van der Waals surface area contributed by atoms with Crippen LogP contribution < -0.4 is 0 Å². The number of fused-ring (bicyclic) bond motifs is 8. The number of ketones is 1. The third-order valence-corrected chi connectivity index (χ3v) is 16.9. The first-order chi connectivity index (χ1) is 28.4. The maximum atomic E-state index is 15.1. The molecule has 12 nitrogen and oxygen atoms in total. The predicted octanol–water partition coefficient (Wildman–Crippen LogP) is 7.52. The number of rotatable bonds is 12. The van der Waals surface area contributed by atoms with Gasteiger partial charge in [0.1, 0.15) is 28.8 Å². The van der Waals surface area contributed by atoms with Crippen molar-refractivity contribution < 1.29 is 47.5 Å². The molecule has 1 saturated carbocycles. The van der Waals surface area contributed by atoms with E-state index in [2.05, 4.69) is 45.8 Å². The molecule has 4 fully saturated rings. The number of hydrogen-bond donors (Lipinski definition) is 0. The Morgan fingerprint density at radius 2 is 1.66 bits per heavy atom. The number of esters is 1. The molecule has 3 aliphatic carbocycles. The topological polar surface area (TPSA) is 124 Å². The lowest BCUT2D eigenvalue weighted by atomic mass is 9.67. The van der Waals surface area contributed by atoms with Crippen molar-refractivity contribution in [3.8, 4) is 0 Å². The summed E-state index contributed by atoms with van der Waals surface area (Å²) in [6.07, 6.45) is 6.76. The third kappa shape index (κ3) is 9.43. The Morgan fingerprint density at radius 3 is 2.34 bits per heavy atom. The molecule has 3 unspecified atom stereocenters. The molecule has 7 rings (SSSR count). The van der Waals surface area contributed by atoms with E-state index in [9.17, 15) is 4.79 Å². The molecule has 0 spiro atoms. The van der Waals surface area contributed by atoms with Crippen molar-refractivity contribution in [2.45, 2.75) is 182 Å². The molecule has 14 heteroatoms. The number of allylic oxidation sites excluding steroid dienone is 2. The van der Waals surface area contributed by atoms with Gasteiger partial charge in [-0.2, -0.15) is 0 Å². The molecular weight excluding hydrogens is 793 g/mol. The number of carbonyl (C=O) groups is 2. The molecule has 0 bridgehead atoms. The highest BCUT2D eigenvalue weighted by Crippen LogP contribution is 2.63. The fourth-order valence-corrected chi connectivity index (χ4v) is 13.6. The summed E-state index contributed by atoms with van der Waals surface area (Å²) in [5.41, 5.74) is 1.79. The number of thioether (sulfide) groups is 1. The van der Waals surface area contributed by atoms with Crippen LogP contribution in [0.2, 0.25) is 0 Å². The Hall–Kier alpha value is -1.46. The second-order valence-electron chi connectivity index (χ2n) is 18.1.